The summed E-state index contributed by atoms with van der Waals surface area (Å²) in [6, 6.07) is 8.46. The summed E-state index contributed by atoms with van der Waals surface area (Å²) < 4.78 is 19.6. The van der Waals surface area contributed by atoms with Crippen LogP contribution in [0.2, 0.25) is 0 Å². The van der Waals surface area contributed by atoms with Gasteiger partial charge in [0.1, 0.15) is 5.82 Å². The third-order valence-corrected chi connectivity index (χ3v) is 6.31. The van der Waals surface area contributed by atoms with Crippen molar-refractivity contribution < 1.29 is 13.6 Å². The van der Waals surface area contributed by atoms with Crippen LogP contribution in [0, 0.1) is 5.82 Å². The highest BCUT2D eigenvalue weighted by Crippen LogP contribution is 2.34. The highest BCUT2D eigenvalue weighted by atomic mass is 32.1. The van der Waals surface area contributed by atoms with Crippen LogP contribution in [-0.4, -0.2) is 50.1 Å². The monoisotopic (exact) mass is 415 g/mol. The largest absolute Gasteiger partial charge is 0.459 e. The lowest BCUT2D eigenvalue weighted by molar-refractivity contribution is 0.0925. The molecule has 154 valence electrons. The molecule has 1 saturated heterocycles. The van der Waals surface area contributed by atoms with Crippen LogP contribution in [0.1, 0.15) is 29.8 Å². The van der Waals surface area contributed by atoms with Gasteiger partial charge in [-0.05, 0) is 62.7 Å². The van der Waals surface area contributed by atoms with Crippen LogP contribution in [0.5, 0.6) is 0 Å². The van der Waals surface area contributed by atoms with Crippen molar-refractivity contribution >= 4 is 33.0 Å². The molecule has 0 unspecified atom stereocenters. The normalized spacial score (nSPS) is 15.6. The van der Waals surface area contributed by atoms with Gasteiger partial charge in [-0.1, -0.05) is 0 Å². The van der Waals surface area contributed by atoms with Crippen molar-refractivity contribution in [3.8, 4) is 0 Å². The molecule has 1 aromatic carbocycles. The SMILES string of the molecule is O=C(NCCCCN1CCCN(c2csc3cc(F)ccc23)CC1)c1ccco1. The Balaban J connectivity index is 1.21. The summed E-state index contributed by atoms with van der Waals surface area (Å²) in [4.78, 5) is 16.8. The molecule has 1 amide bonds. The Bertz CT molecular complexity index is 941. The highest BCUT2D eigenvalue weighted by molar-refractivity contribution is 7.17. The predicted octanol–water partition coefficient (Wildman–Crippen LogP) is 4.36. The molecule has 2 aromatic heterocycles. The number of carbonyl (C=O) groups is 1. The van der Waals surface area contributed by atoms with Crippen molar-refractivity contribution in [3.63, 3.8) is 0 Å². The molecule has 29 heavy (non-hydrogen) atoms. The summed E-state index contributed by atoms with van der Waals surface area (Å²) in [7, 11) is 0. The van der Waals surface area contributed by atoms with Gasteiger partial charge in [0.05, 0.1) is 12.0 Å². The summed E-state index contributed by atoms with van der Waals surface area (Å²) in [5.74, 6) is 0.0397. The van der Waals surface area contributed by atoms with Crippen LogP contribution < -0.4 is 10.2 Å². The smallest absolute Gasteiger partial charge is 0.286 e. The van der Waals surface area contributed by atoms with E-state index in [9.17, 15) is 9.18 Å². The molecule has 1 aliphatic heterocycles. The first-order chi connectivity index (χ1) is 14.2. The standard InChI is InChI=1S/C22H26FN3O2S/c23-17-6-7-18-19(16-29-21(18)15-17)26-11-4-10-25(12-13-26)9-2-1-8-24-22(27)20-5-3-14-28-20/h3,5-7,14-16H,1-2,4,8-13H2,(H,24,27). The van der Waals surface area contributed by atoms with Crippen LogP contribution >= 0.6 is 11.3 Å². The molecule has 0 atom stereocenters. The Kier molecular flexibility index (Phi) is 6.46. The lowest BCUT2D eigenvalue weighted by atomic mass is 10.2. The number of hydrogen-bond acceptors (Lipinski definition) is 5. The number of anilines is 1. The van der Waals surface area contributed by atoms with E-state index in [1.165, 1.54) is 12.0 Å². The number of nitrogens with one attached hydrogen (secondary N) is 1. The van der Waals surface area contributed by atoms with E-state index in [-0.39, 0.29) is 11.7 Å². The van der Waals surface area contributed by atoms with E-state index in [0.717, 1.165) is 62.1 Å². The summed E-state index contributed by atoms with van der Waals surface area (Å²) in [5.41, 5.74) is 1.23. The van der Waals surface area contributed by atoms with E-state index in [1.807, 2.05) is 6.07 Å². The number of carbonyl (C=O) groups excluding carboxylic acids is 1. The maximum atomic E-state index is 13.5. The minimum atomic E-state index is -0.173. The number of thiophene rings is 1. The van der Waals surface area contributed by atoms with Crippen molar-refractivity contribution in [1.82, 2.24) is 10.2 Å². The van der Waals surface area contributed by atoms with E-state index in [2.05, 4.69) is 20.5 Å². The number of amides is 1. The number of rotatable bonds is 7. The van der Waals surface area contributed by atoms with Crippen molar-refractivity contribution in [2.24, 2.45) is 0 Å². The molecule has 5 nitrogen and oxygen atoms in total. The molecular weight excluding hydrogens is 389 g/mol. The van der Waals surface area contributed by atoms with Crippen LogP contribution in [0.3, 0.4) is 0 Å². The first-order valence-electron chi connectivity index (χ1n) is 10.2. The fraction of sp³-hybridized carbons (Fsp3) is 0.409. The van der Waals surface area contributed by atoms with E-state index in [0.29, 0.717) is 12.3 Å². The Morgan fingerprint density at radius 3 is 2.97 bits per heavy atom. The molecule has 1 N–H and O–H groups in total. The average Bonchev–Trinajstić information content (AvgIpc) is 3.34. The Hall–Kier alpha value is -2.38. The Morgan fingerprint density at radius 1 is 1.17 bits per heavy atom. The molecule has 0 spiro atoms. The van der Waals surface area contributed by atoms with E-state index in [1.54, 1.807) is 35.6 Å². The molecule has 0 radical (unpaired) electrons. The molecule has 4 rings (SSSR count). The zero-order valence-electron chi connectivity index (χ0n) is 16.4. The molecule has 1 fully saturated rings. The van der Waals surface area contributed by atoms with Crippen molar-refractivity contribution in [3.05, 3.63) is 53.6 Å². The predicted molar refractivity (Wildman–Crippen MR) is 115 cm³/mol. The van der Waals surface area contributed by atoms with Crippen molar-refractivity contribution in [2.75, 3.05) is 44.2 Å². The number of unbranched alkanes of at least 4 members (excludes halogenated alkanes) is 1. The highest BCUT2D eigenvalue weighted by Gasteiger charge is 2.18. The summed E-state index contributed by atoms with van der Waals surface area (Å²) >= 11 is 1.61. The first-order valence-corrected chi connectivity index (χ1v) is 11.0. The van der Waals surface area contributed by atoms with Crippen molar-refractivity contribution in [2.45, 2.75) is 19.3 Å². The lowest BCUT2D eigenvalue weighted by Crippen LogP contribution is -2.31. The topological polar surface area (TPSA) is 48.7 Å². The molecule has 3 aromatic rings. The molecule has 0 bridgehead atoms. The molecule has 0 aliphatic carbocycles. The fourth-order valence-electron chi connectivity index (χ4n) is 3.83. The third-order valence-electron chi connectivity index (χ3n) is 5.38. The van der Waals surface area contributed by atoms with E-state index >= 15 is 0 Å². The molecular formula is C22H26FN3O2S. The molecule has 1 aliphatic rings. The zero-order chi connectivity index (χ0) is 20.1. The van der Waals surface area contributed by atoms with Crippen LogP contribution in [0.15, 0.2) is 46.4 Å². The van der Waals surface area contributed by atoms with Crippen LogP contribution in [0.25, 0.3) is 10.1 Å². The van der Waals surface area contributed by atoms with Gasteiger partial charge in [0.25, 0.3) is 5.91 Å². The summed E-state index contributed by atoms with van der Waals surface area (Å²) in [6.07, 6.45) is 4.63. The number of hydrogen-bond donors (Lipinski definition) is 1. The Morgan fingerprint density at radius 2 is 2.10 bits per heavy atom. The lowest BCUT2D eigenvalue weighted by Gasteiger charge is -2.23. The summed E-state index contributed by atoms with van der Waals surface area (Å²) in [5, 5.41) is 6.20. The third kappa shape index (κ3) is 4.97. The quantitative estimate of drug-likeness (QED) is 0.583. The van der Waals surface area contributed by atoms with Gasteiger partial charge in [-0.15, -0.1) is 11.3 Å². The maximum absolute atomic E-state index is 13.5. The van der Waals surface area contributed by atoms with Crippen LogP contribution in [0.4, 0.5) is 10.1 Å². The van der Waals surface area contributed by atoms with Crippen LogP contribution in [-0.2, 0) is 0 Å². The summed E-state index contributed by atoms with van der Waals surface area (Å²) in [6.45, 7) is 5.83. The minimum absolute atomic E-state index is 0.150. The first kappa shape index (κ1) is 19.9. The number of furan rings is 1. The van der Waals surface area contributed by atoms with Gasteiger partial charge < -0.3 is 19.5 Å². The average molecular weight is 416 g/mol. The molecule has 7 heteroatoms. The number of fused-ring (bicyclic) bond motifs is 1. The van der Waals surface area contributed by atoms with Gasteiger partial charge in [0, 0.05) is 41.6 Å². The van der Waals surface area contributed by atoms with Crippen molar-refractivity contribution in [1.29, 1.82) is 0 Å². The molecule has 3 heterocycles. The number of halogens is 1. The maximum Gasteiger partial charge on any atom is 0.286 e. The van der Waals surface area contributed by atoms with Gasteiger partial charge >= 0.3 is 0 Å². The zero-order valence-corrected chi connectivity index (χ0v) is 17.2. The van der Waals surface area contributed by atoms with Gasteiger partial charge in [-0.25, -0.2) is 4.39 Å². The fourth-order valence-corrected chi connectivity index (χ4v) is 4.82. The number of nitrogens with zero attached hydrogens (tertiary/aromatic N) is 2. The second-order valence-electron chi connectivity index (χ2n) is 7.38. The second-order valence-corrected chi connectivity index (χ2v) is 8.30. The molecule has 0 saturated carbocycles. The van der Waals surface area contributed by atoms with Gasteiger partial charge in [0.15, 0.2) is 5.76 Å². The van der Waals surface area contributed by atoms with E-state index < -0.39 is 0 Å². The van der Waals surface area contributed by atoms with Gasteiger partial charge in [-0.2, -0.15) is 0 Å². The number of benzene rings is 1. The van der Waals surface area contributed by atoms with E-state index in [4.69, 9.17) is 4.42 Å². The second kappa shape index (κ2) is 9.41. The van der Waals surface area contributed by atoms with Gasteiger partial charge in [-0.3, -0.25) is 4.79 Å². The Labute approximate surface area is 174 Å². The van der Waals surface area contributed by atoms with Gasteiger partial charge in [0.2, 0.25) is 0 Å². The minimum Gasteiger partial charge on any atom is -0.459 e.